The third kappa shape index (κ3) is 3.42. The van der Waals surface area contributed by atoms with E-state index >= 15 is 0 Å². The standard InChI is InChI=1S/C23H22N2O2S/c24-15-16-10-11-17(14-22(16)28-18-6-2-1-3-7-18)25-21-9-5-4-8-19(21)20(12-13-26)23(25)27/h1-3,6-7,10-11,14,26-27H,4-5,8-9,12-13H2. The minimum atomic E-state index is 0.0203. The fraction of sp³-hybridized carbons (Fsp3) is 0.261. The molecule has 0 saturated carbocycles. The molecule has 1 aliphatic carbocycles. The molecule has 0 unspecified atom stereocenters. The monoisotopic (exact) mass is 390 g/mol. The van der Waals surface area contributed by atoms with Gasteiger partial charge in [0, 0.05) is 39.8 Å². The van der Waals surface area contributed by atoms with Crippen LogP contribution in [-0.4, -0.2) is 21.4 Å². The molecular weight excluding hydrogens is 368 g/mol. The molecule has 142 valence electrons. The largest absolute Gasteiger partial charge is 0.494 e. The van der Waals surface area contributed by atoms with Crippen molar-refractivity contribution in [1.29, 1.82) is 5.26 Å². The lowest BCUT2D eigenvalue weighted by molar-refractivity contribution is 0.296. The Labute approximate surface area is 169 Å². The van der Waals surface area contributed by atoms with Crippen molar-refractivity contribution < 1.29 is 10.2 Å². The molecule has 4 nitrogen and oxygen atoms in total. The zero-order chi connectivity index (χ0) is 19.5. The first kappa shape index (κ1) is 18.7. The SMILES string of the molecule is N#Cc1ccc(-n2c(O)c(CCO)c3c2CCCC3)cc1Sc1ccccc1. The lowest BCUT2D eigenvalue weighted by Crippen LogP contribution is -2.07. The van der Waals surface area contributed by atoms with Crippen LogP contribution in [0.5, 0.6) is 5.88 Å². The highest BCUT2D eigenvalue weighted by molar-refractivity contribution is 7.99. The average molecular weight is 391 g/mol. The predicted molar refractivity (Wildman–Crippen MR) is 110 cm³/mol. The normalized spacial score (nSPS) is 13.1. The van der Waals surface area contributed by atoms with Gasteiger partial charge >= 0.3 is 0 Å². The number of aliphatic hydroxyl groups is 1. The van der Waals surface area contributed by atoms with E-state index in [1.807, 2.05) is 53.1 Å². The van der Waals surface area contributed by atoms with Gasteiger partial charge in [-0.1, -0.05) is 30.0 Å². The van der Waals surface area contributed by atoms with Gasteiger partial charge in [-0.05, 0) is 61.6 Å². The van der Waals surface area contributed by atoms with Crippen molar-refractivity contribution in [3.63, 3.8) is 0 Å². The Morgan fingerprint density at radius 1 is 1.07 bits per heavy atom. The third-order valence-corrected chi connectivity index (χ3v) is 6.30. The fourth-order valence-electron chi connectivity index (χ4n) is 3.95. The first-order valence-electron chi connectivity index (χ1n) is 9.55. The summed E-state index contributed by atoms with van der Waals surface area (Å²) in [6, 6.07) is 17.9. The van der Waals surface area contributed by atoms with Crippen LogP contribution in [0.3, 0.4) is 0 Å². The third-order valence-electron chi connectivity index (χ3n) is 5.23. The number of hydrogen-bond donors (Lipinski definition) is 2. The molecule has 2 aromatic carbocycles. The highest BCUT2D eigenvalue weighted by Gasteiger charge is 2.25. The minimum Gasteiger partial charge on any atom is -0.494 e. The Morgan fingerprint density at radius 3 is 2.61 bits per heavy atom. The van der Waals surface area contributed by atoms with Gasteiger partial charge in [-0.2, -0.15) is 5.26 Å². The van der Waals surface area contributed by atoms with E-state index in [4.69, 9.17) is 0 Å². The maximum absolute atomic E-state index is 11.0. The molecule has 1 aliphatic rings. The molecule has 3 aromatic rings. The van der Waals surface area contributed by atoms with Gasteiger partial charge < -0.3 is 10.2 Å². The van der Waals surface area contributed by atoms with E-state index in [1.54, 1.807) is 11.8 Å². The Balaban J connectivity index is 1.82. The molecule has 28 heavy (non-hydrogen) atoms. The van der Waals surface area contributed by atoms with Crippen LogP contribution >= 0.6 is 11.8 Å². The van der Waals surface area contributed by atoms with E-state index in [1.165, 1.54) is 5.56 Å². The summed E-state index contributed by atoms with van der Waals surface area (Å²) in [6.07, 6.45) is 4.51. The van der Waals surface area contributed by atoms with Gasteiger partial charge in [0.15, 0.2) is 5.88 Å². The summed E-state index contributed by atoms with van der Waals surface area (Å²) >= 11 is 1.55. The molecule has 0 amide bonds. The number of rotatable bonds is 5. The van der Waals surface area contributed by atoms with E-state index in [0.717, 1.165) is 52.4 Å². The summed E-state index contributed by atoms with van der Waals surface area (Å²) < 4.78 is 1.91. The van der Waals surface area contributed by atoms with Crippen LogP contribution in [-0.2, 0) is 19.3 Å². The number of hydrogen-bond acceptors (Lipinski definition) is 4. The van der Waals surface area contributed by atoms with Crippen molar-refractivity contribution in [1.82, 2.24) is 4.57 Å². The Kier molecular flexibility index (Phi) is 5.43. The molecule has 1 heterocycles. The Hall–Kier alpha value is -2.68. The Morgan fingerprint density at radius 2 is 1.86 bits per heavy atom. The van der Waals surface area contributed by atoms with Crippen molar-refractivity contribution in [3.05, 3.63) is 70.9 Å². The second-order valence-electron chi connectivity index (χ2n) is 6.95. The molecule has 0 fully saturated rings. The topological polar surface area (TPSA) is 69.2 Å². The highest BCUT2D eigenvalue weighted by atomic mass is 32.2. The zero-order valence-electron chi connectivity index (χ0n) is 15.6. The van der Waals surface area contributed by atoms with Gasteiger partial charge in [0.1, 0.15) is 6.07 Å². The van der Waals surface area contributed by atoms with Crippen LogP contribution < -0.4 is 0 Å². The van der Waals surface area contributed by atoms with Crippen molar-refractivity contribution >= 4 is 11.8 Å². The molecule has 0 spiro atoms. The van der Waals surface area contributed by atoms with Gasteiger partial charge in [0.25, 0.3) is 0 Å². The van der Waals surface area contributed by atoms with Crippen LogP contribution in [0.15, 0.2) is 58.3 Å². The van der Waals surface area contributed by atoms with Crippen LogP contribution in [0.2, 0.25) is 0 Å². The van der Waals surface area contributed by atoms with Gasteiger partial charge in [-0.15, -0.1) is 0 Å². The molecule has 0 atom stereocenters. The number of fused-ring (bicyclic) bond motifs is 1. The second-order valence-corrected chi connectivity index (χ2v) is 8.07. The van der Waals surface area contributed by atoms with Crippen LogP contribution in [0.4, 0.5) is 0 Å². The number of aliphatic hydroxyl groups excluding tert-OH is 1. The molecule has 0 saturated heterocycles. The predicted octanol–water partition coefficient (Wildman–Crippen LogP) is 4.62. The van der Waals surface area contributed by atoms with Gasteiger partial charge in [-0.25, -0.2) is 0 Å². The molecule has 0 radical (unpaired) electrons. The quantitative estimate of drug-likeness (QED) is 0.667. The van der Waals surface area contributed by atoms with E-state index in [-0.39, 0.29) is 12.5 Å². The molecule has 1 aromatic heterocycles. The first-order valence-corrected chi connectivity index (χ1v) is 10.4. The molecular formula is C23H22N2O2S. The van der Waals surface area contributed by atoms with E-state index < -0.39 is 0 Å². The summed E-state index contributed by atoms with van der Waals surface area (Å²) in [4.78, 5) is 1.93. The summed E-state index contributed by atoms with van der Waals surface area (Å²) in [5.41, 5.74) is 4.65. The molecule has 0 aliphatic heterocycles. The summed E-state index contributed by atoms with van der Waals surface area (Å²) in [5, 5.41) is 29.9. The summed E-state index contributed by atoms with van der Waals surface area (Å²) in [6.45, 7) is 0.0203. The summed E-state index contributed by atoms with van der Waals surface area (Å²) in [7, 11) is 0. The van der Waals surface area contributed by atoms with E-state index in [2.05, 4.69) is 6.07 Å². The van der Waals surface area contributed by atoms with Crippen LogP contribution in [0.25, 0.3) is 5.69 Å². The van der Waals surface area contributed by atoms with Crippen molar-refractivity contribution in [2.24, 2.45) is 0 Å². The average Bonchev–Trinajstić information content (AvgIpc) is 3.01. The Bertz CT molecular complexity index is 1030. The van der Waals surface area contributed by atoms with Crippen molar-refractivity contribution in [2.45, 2.75) is 41.9 Å². The molecule has 2 N–H and O–H groups in total. The fourth-order valence-corrected chi connectivity index (χ4v) is 4.90. The van der Waals surface area contributed by atoms with E-state index in [0.29, 0.717) is 12.0 Å². The summed E-state index contributed by atoms with van der Waals surface area (Å²) in [5.74, 6) is 0.223. The minimum absolute atomic E-state index is 0.0203. The van der Waals surface area contributed by atoms with Crippen molar-refractivity contribution in [2.75, 3.05) is 6.61 Å². The molecule has 0 bridgehead atoms. The van der Waals surface area contributed by atoms with Crippen LogP contribution in [0, 0.1) is 11.3 Å². The van der Waals surface area contributed by atoms with Gasteiger partial charge in [0.05, 0.1) is 5.56 Å². The molecule has 4 rings (SSSR count). The number of benzene rings is 2. The zero-order valence-corrected chi connectivity index (χ0v) is 16.4. The maximum atomic E-state index is 11.0. The maximum Gasteiger partial charge on any atom is 0.199 e. The molecule has 5 heteroatoms. The highest BCUT2D eigenvalue weighted by Crippen LogP contribution is 2.39. The van der Waals surface area contributed by atoms with Gasteiger partial charge in [0.2, 0.25) is 0 Å². The lowest BCUT2D eigenvalue weighted by Gasteiger charge is -2.17. The number of aromatic hydroxyl groups is 1. The lowest BCUT2D eigenvalue weighted by atomic mass is 9.94. The number of nitriles is 1. The van der Waals surface area contributed by atoms with E-state index in [9.17, 15) is 15.5 Å². The number of nitrogens with zero attached hydrogens (tertiary/aromatic N) is 2. The first-order chi connectivity index (χ1) is 13.7. The second kappa shape index (κ2) is 8.14. The number of aromatic nitrogens is 1. The van der Waals surface area contributed by atoms with Crippen molar-refractivity contribution in [3.8, 4) is 17.6 Å². The smallest absolute Gasteiger partial charge is 0.199 e. The van der Waals surface area contributed by atoms with Gasteiger partial charge in [-0.3, -0.25) is 4.57 Å². The van der Waals surface area contributed by atoms with Crippen LogP contribution in [0.1, 0.15) is 35.2 Å².